The molecule has 4 heteroatoms. The van der Waals surface area contributed by atoms with Crippen LogP contribution in [-0.4, -0.2) is 25.0 Å². The van der Waals surface area contributed by atoms with Gasteiger partial charge in [-0.25, -0.2) is 4.79 Å². The first-order valence-corrected chi connectivity index (χ1v) is 9.44. The van der Waals surface area contributed by atoms with E-state index in [1.54, 1.807) is 0 Å². The molecule has 0 spiro atoms. The van der Waals surface area contributed by atoms with Crippen molar-refractivity contribution in [2.45, 2.75) is 51.5 Å². The zero-order valence-electron chi connectivity index (χ0n) is 15.1. The van der Waals surface area contributed by atoms with E-state index < -0.39 is 6.04 Å². The van der Waals surface area contributed by atoms with Gasteiger partial charge in [-0.15, -0.1) is 0 Å². The summed E-state index contributed by atoms with van der Waals surface area (Å²) in [6, 6.07) is 6.96. The second-order valence-electron chi connectivity index (χ2n) is 8.58. The molecule has 0 saturated heterocycles. The lowest BCUT2D eigenvalue weighted by Gasteiger charge is -2.58. The predicted molar refractivity (Wildman–Crippen MR) is 95.1 cm³/mol. The molecule has 1 aromatic rings. The van der Waals surface area contributed by atoms with Crippen LogP contribution >= 0.6 is 0 Å². The molecule has 0 radical (unpaired) electrons. The molecule has 4 aliphatic rings. The first kappa shape index (κ1) is 16.6. The highest BCUT2D eigenvalue weighted by Crippen LogP contribution is 2.61. The fourth-order valence-corrected chi connectivity index (χ4v) is 6.03. The molecule has 5 rings (SSSR count). The summed E-state index contributed by atoms with van der Waals surface area (Å²) in [6.45, 7) is 1.99. The molecule has 134 valence electrons. The van der Waals surface area contributed by atoms with Crippen molar-refractivity contribution in [2.75, 3.05) is 7.11 Å². The number of nitrogens with one attached hydrogen (secondary N) is 1. The van der Waals surface area contributed by atoms with E-state index in [9.17, 15) is 9.59 Å². The lowest BCUT2D eigenvalue weighted by molar-refractivity contribution is -0.154. The van der Waals surface area contributed by atoms with Gasteiger partial charge in [0.2, 0.25) is 0 Å². The average Bonchev–Trinajstić information content (AvgIpc) is 2.58. The van der Waals surface area contributed by atoms with Crippen molar-refractivity contribution in [1.82, 2.24) is 5.32 Å². The van der Waals surface area contributed by atoms with Gasteiger partial charge in [0.15, 0.2) is 0 Å². The number of carbonyl (C=O) groups is 2. The maximum absolute atomic E-state index is 12.8. The molecule has 25 heavy (non-hydrogen) atoms. The average molecular weight is 341 g/mol. The van der Waals surface area contributed by atoms with Crippen molar-refractivity contribution >= 4 is 11.9 Å². The van der Waals surface area contributed by atoms with Crippen molar-refractivity contribution < 1.29 is 14.3 Å². The fraction of sp³-hybridized carbons (Fsp3) is 0.619. The molecular formula is C21H27NO3. The number of ether oxygens (including phenoxy) is 1. The Kier molecular flexibility index (Phi) is 4.09. The molecule has 0 unspecified atom stereocenters. The zero-order valence-corrected chi connectivity index (χ0v) is 15.1. The van der Waals surface area contributed by atoms with Crippen LogP contribution in [0.3, 0.4) is 0 Å². The molecule has 4 aliphatic carbocycles. The zero-order chi connectivity index (χ0) is 17.6. The number of hydrogen-bond donors (Lipinski definition) is 1. The van der Waals surface area contributed by atoms with Gasteiger partial charge in [0.05, 0.1) is 7.11 Å². The Hall–Kier alpha value is -1.84. The Morgan fingerprint density at radius 3 is 2.04 bits per heavy atom. The van der Waals surface area contributed by atoms with Crippen LogP contribution in [-0.2, 0) is 9.53 Å². The van der Waals surface area contributed by atoms with Crippen LogP contribution in [0.1, 0.15) is 54.4 Å². The first-order valence-electron chi connectivity index (χ1n) is 9.44. The largest absolute Gasteiger partial charge is 0.467 e. The summed E-state index contributed by atoms with van der Waals surface area (Å²) in [5, 5.41) is 3.05. The Labute approximate surface area is 149 Å². The highest BCUT2D eigenvalue weighted by molar-refractivity contribution is 5.97. The first-order chi connectivity index (χ1) is 12.0. The van der Waals surface area contributed by atoms with E-state index in [-0.39, 0.29) is 17.3 Å². The molecule has 1 amide bonds. The number of methoxy groups -OCH3 is 1. The van der Waals surface area contributed by atoms with Crippen LogP contribution in [0.25, 0.3) is 0 Å². The molecule has 1 aromatic carbocycles. The van der Waals surface area contributed by atoms with Crippen LogP contribution in [0.4, 0.5) is 0 Å². The van der Waals surface area contributed by atoms with Crippen molar-refractivity contribution in [2.24, 2.45) is 23.2 Å². The Bertz CT molecular complexity index is 644. The van der Waals surface area contributed by atoms with Gasteiger partial charge in [0.1, 0.15) is 6.04 Å². The highest BCUT2D eigenvalue weighted by atomic mass is 16.5. The van der Waals surface area contributed by atoms with Crippen LogP contribution in [0.5, 0.6) is 0 Å². The number of rotatable bonds is 4. The summed E-state index contributed by atoms with van der Waals surface area (Å²) in [5.74, 6) is 1.69. The minimum atomic E-state index is -0.528. The molecule has 0 aromatic heterocycles. The van der Waals surface area contributed by atoms with E-state index in [0.717, 1.165) is 42.6 Å². The quantitative estimate of drug-likeness (QED) is 0.853. The summed E-state index contributed by atoms with van der Waals surface area (Å²) in [7, 11) is 1.42. The van der Waals surface area contributed by atoms with Gasteiger partial charge in [0.25, 0.3) is 5.91 Å². The molecule has 0 aliphatic heterocycles. The SMILES string of the molecule is COC(=O)[C@H](NC(=O)c1ccc(C)cc1)C12CC3CC(CC(C3)C1)C2. The Balaban J connectivity index is 1.59. The maximum atomic E-state index is 12.8. The number of aryl methyl sites for hydroxylation is 1. The van der Waals surface area contributed by atoms with Gasteiger partial charge < -0.3 is 10.1 Å². The molecule has 4 saturated carbocycles. The third kappa shape index (κ3) is 2.96. The van der Waals surface area contributed by atoms with E-state index in [0.29, 0.717) is 5.56 Å². The topological polar surface area (TPSA) is 55.4 Å². The predicted octanol–water partition coefficient (Wildman–Crippen LogP) is 3.48. The highest BCUT2D eigenvalue weighted by Gasteiger charge is 2.56. The summed E-state index contributed by atoms with van der Waals surface area (Å²) >= 11 is 0. The third-order valence-corrected chi connectivity index (χ3v) is 6.72. The number of amides is 1. The van der Waals surface area contributed by atoms with E-state index in [4.69, 9.17) is 4.74 Å². The second kappa shape index (κ2) is 6.15. The minimum Gasteiger partial charge on any atom is -0.467 e. The summed E-state index contributed by atoms with van der Waals surface area (Å²) in [4.78, 5) is 25.4. The van der Waals surface area contributed by atoms with Crippen molar-refractivity contribution in [3.63, 3.8) is 0 Å². The number of hydrogen-bond acceptors (Lipinski definition) is 3. The molecule has 4 fully saturated rings. The van der Waals surface area contributed by atoms with Gasteiger partial charge in [0, 0.05) is 11.0 Å². The van der Waals surface area contributed by atoms with Gasteiger partial charge >= 0.3 is 5.97 Å². The van der Waals surface area contributed by atoms with Crippen LogP contribution < -0.4 is 5.32 Å². The van der Waals surface area contributed by atoms with E-state index in [2.05, 4.69) is 5.32 Å². The molecule has 1 N–H and O–H groups in total. The lowest BCUT2D eigenvalue weighted by Crippen LogP contribution is -2.60. The lowest BCUT2D eigenvalue weighted by atomic mass is 9.47. The third-order valence-electron chi connectivity index (χ3n) is 6.72. The fourth-order valence-electron chi connectivity index (χ4n) is 6.03. The normalized spacial score (nSPS) is 33.8. The van der Waals surface area contributed by atoms with Gasteiger partial charge in [-0.05, 0) is 75.3 Å². The Morgan fingerprint density at radius 2 is 1.56 bits per heavy atom. The summed E-state index contributed by atoms with van der Waals surface area (Å²) in [6.07, 6.45) is 7.06. The summed E-state index contributed by atoms with van der Waals surface area (Å²) in [5.41, 5.74) is 1.61. The molecule has 4 bridgehead atoms. The van der Waals surface area contributed by atoms with Crippen LogP contribution in [0.2, 0.25) is 0 Å². The van der Waals surface area contributed by atoms with Gasteiger partial charge in [-0.3, -0.25) is 4.79 Å². The monoisotopic (exact) mass is 341 g/mol. The smallest absolute Gasteiger partial charge is 0.328 e. The molecule has 0 heterocycles. The van der Waals surface area contributed by atoms with E-state index in [1.165, 1.54) is 26.4 Å². The van der Waals surface area contributed by atoms with E-state index >= 15 is 0 Å². The number of benzene rings is 1. The van der Waals surface area contributed by atoms with Crippen LogP contribution in [0, 0.1) is 30.1 Å². The molecule has 4 nitrogen and oxygen atoms in total. The molecule has 1 atom stereocenters. The number of esters is 1. The standard InChI is InChI=1S/C21H27NO3/c1-13-3-5-17(6-4-13)19(23)22-18(20(24)25-2)21-10-14-7-15(11-21)9-16(8-14)12-21/h3-6,14-16,18H,7-12H2,1-2H3,(H,22,23)/t14?,15?,16?,18-,21?/m0/s1. The number of carbonyl (C=O) groups excluding carboxylic acids is 2. The Morgan fingerprint density at radius 1 is 1.04 bits per heavy atom. The van der Waals surface area contributed by atoms with Crippen LogP contribution in [0.15, 0.2) is 24.3 Å². The van der Waals surface area contributed by atoms with E-state index in [1.807, 2.05) is 31.2 Å². The van der Waals surface area contributed by atoms with Crippen molar-refractivity contribution in [3.8, 4) is 0 Å². The second-order valence-corrected chi connectivity index (χ2v) is 8.58. The minimum absolute atomic E-state index is 0.109. The summed E-state index contributed by atoms with van der Waals surface area (Å²) < 4.78 is 5.10. The van der Waals surface area contributed by atoms with Crippen molar-refractivity contribution in [1.29, 1.82) is 0 Å². The maximum Gasteiger partial charge on any atom is 0.328 e. The van der Waals surface area contributed by atoms with Crippen molar-refractivity contribution in [3.05, 3.63) is 35.4 Å². The van der Waals surface area contributed by atoms with Gasteiger partial charge in [-0.1, -0.05) is 17.7 Å². The van der Waals surface area contributed by atoms with Gasteiger partial charge in [-0.2, -0.15) is 0 Å². The molecular weight excluding hydrogens is 314 g/mol.